The molecule has 0 unspecified atom stereocenters. The largest absolute Gasteiger partial charge is 0.453 e. The molecule has 45 heavy (non-hydrogen) atoms. The van der Waals surface area contributed by atoms with Crippen LogP contribution < -0.4 is 14.9 Å². The van der Waals surface area contributed by atoms with Gasteiger partial charge in [0, 0.05) is 19.6 Å². The molecule has 0 atom stereocenters. The average Bonchev–Trinajstić information content (AvgIpc) is 2.95. The summed E-state index contributed by atoms with van der Waals surface area (Å²) in [5, 5.41) is -0.161. The highest BCUT2D eigenvalue weighted by Gasteiger charge is 2.41. The fourth-order valence-electron chi connectivity index (χ4n) is 5.14. The Balaban J connectivity index is 1.89. The molecule has 10 heteroatoms. The van der Waals surface area contributed by atoms with Crippen molar-refractivity contribution in [3.63, 3.8) is 0 Å². The van der Waals surface area contributed by atoms with Crippen LogP contribution in [0.1, 0.15) is 68.3 Å². The number of ether oxygens (including phenoxy) is 2. The van der Waals surface area contributed by atoms with Gasteiger partial charge in [0.05, 0.1) is 16.5 Å². The summed E-state index contributed by atoms with van der Waals surface area (Å²) in [5.41, 5.74) is -0.263. The number of alkyl halides is 3. The van der Waals surface area contributed by atoms with Crippen LogP contribution in [0.2, 0.25) is 0 Å². The van der Waals surface area contributed by atoms with Gasteiger partial charge in [0.1, 0.15) is 22.9 Å². The molecule has 0 spiro atoms. The Kier molecular flexibility index (Phi) is 10.7. The summed E-state index contributed by atoms with van der Waals surface area (Å²) in [6.45, 7) is 11.2. The molecular weight excluding hydrogens is 590 g/mol. The van der Waals surface area contributed by atoms with Gasteiger partial charge < -0.3 is 13.9 Å². The van der Waals surface area contributed by atoms with Crippen molar-refractivity contribution in [1.29, 1.82) is 0 Å². The minimum Gasteiger partial charge on any atom is -0.449 e. The Morgan fingerprint density at radius 2 is 1.53 bits per heavy atom. The second kappa shape index (κ2) is 14.3. The van der Waals surface area contributed by atoms with E-state index in [1.165, 1.54) is 36.4 Å². The molecule has 1 heterocycles. The molecule has 6 nitrogen and oxygen atoms in total. The highest BCUT2D eigenvalue weighted by Crippen LogP contribution is 2.40. The fourth-order valence-corrected chi connectivity index (χ4v) is 5.14. The van der Waals surface area contributed by atoms with Crippen LogP contribution in [0.3, 0.4) is 0 Å². The minimum absolute atomic E-state index is 0.0268. The van der Waals surface area contributed by atoms with Crippen molar-refractivity contribution in [1.82, 2.24) is 4.90 Å². The van der Waals surface area contributed by atoms with E-state index in [9.17, 15) is 27.2 Å². The summed E-state index contributed by atoms with van der Waals surface area (Å²) in [4.78, 5) is 28.7. The zero-order valence-electron chi connectivity index (χ0n) is 26.0. The molecule has 1 aromatic heterocycles. The van der Waals surface area contributed by atoms with Gasteiger partial charge >= 0.3 is 12.1 Å². The molecule has 0 aliphatic carbocycles. The highest BCUT2D eigenvalue weighted by atomic mass is 19.4. The first-order valence-corrected chi connectivity index (χ1v) is 14.9. The van der Waals surface area contributed by atoms with E-state index in [1.54, 1.807) is 12.1 Å². The minimum atomic E-state index is -5.08. The number of esters is 1. The summed E-state index contributed by atoms with van der Waals surface area (Å²) in [6.07, 6.45) is -3.41. The number of aryl methyl sites for hydroxylation is 1. The third-order valence-corrected chi connectivity index (χ3v) is 6.93. The third-order valence-electron chi connectivity index (χ3n) is 6.93. The van der Waals surface area contributed by atoms with Crippen molar-refractivity contribution in [2.24, 2.45) is 11.8 Å². The first kappa shape index (κ1) is 33.7. The van der Waals surface area contributed by atoms with Crippen LogP contribution in [-0.2, 0) is 19.1 Å². The van der Waals surface area contributed by atoms with Crippen molar-refractivity contribution in [3.8, 4) is 17.2 Å². The third kappa shape index (κ3) is 8.51. The topological polar surface area (TPSA) is 69.0 Å². The molecule has 0 radical (unpaired) electrons. The summed E-state index contributed by atoms with van der Waals surface area (Å²) >= 11 is 0. The van der Waals surface area contributed by atoms with Crippen LogP contribution in [-0.4, -0.2) is 24.0 Å². The van der Waals surface area contributed by atoms with Crippen molar-refractivity contribution in [2.45, 2.75) is 60.2 Å². The van der Waals surface area contributed by atoms with Crippen LogP contribution in [0.15, 0.2) is 69.9 Å². The molecule has 0 fully saturated rings. The fraction of sp³-hybridized carbons (Fsp3) is 0.371. The highest BCUT2D eigenvalue weighted by molar-refractivity contribution is 5.92. The molecule has 0 aliphatic heterocycles. The lowest BCUT2D eigenvalue weighted by atomic mass is 10.1. The Morgan fingerprint density at radius 1 is 0.911 bits per heavy atom. The molecular formula is C35H37F4NO5. The second-order valence-electron chi connectivity index (χ2n) is 11.9. The number of nitrogens with zero attached hydrogens (tertiary/aromatic N) is 1. The molecule has 0 saturated heterocycles. The molecule has 0 aliphatic rings. The molecule has 0 bridgehead atoms. The molecule has 0 amide bonds. The number of hydrogen-bond acceptors (Lipinski definition) is 6. The number of carbonyl (C=O) groups excluding carboxylic acids is 1. The van der Waals surface area contributed by atoms with Gasteiger partial charge in [0.25, 0.3) is 5.76 Å². The number of hydrogen-bond donors (Lipinski definition) is 0. The van der Waals surface area contributed by atoms with E-state index in [2.05, 4.69) is 0 Å². The standard InChI is InChI=1S/C35H37F4NO5/c1-6-7-23-8-14-26(15-9-23)43-32-30(41)27-16-17-29(44-34(42)24-10-12-25(36)13-11-24)28(31(27)45-33(32)35(37,38)39)20-40(18-21(2)3)19-22(4)5/h8-17,21-22H,6-7,18-20H2,1-5H3. The van der Waals surface area contributed by atoms with Gasteiger partial charge in [-0.1, -0.05) is 53.2 Å². The van der Waals surface area contributed by atoms with E-state index < -0.39 is 34.9 Å². The van der Waals surface area contributed by atoms with Gasteiger partial charge in [-0.2, -0.15) is 13.2 Å². The van der Waals surface area contributed by atoms with Gasteiger partial charge in [-0.15, -0.1) is 0 Å². The maximum atomic E-state index is 14.5. The zero-order chi connectivity index (χ0) is 32.9. The van der Waals surface area contributed by atoms with Crippen LogP contribution in [0.25, 0.3) is 11.0 Å². The lowest BCUT2D eigenvalue weighted by molar-refractivity contribution is -0.154. The van der Waals surface area contributed by atoms with Crippen LogP contribution in [0, 0.1) is 17.7 Å². The van der Waals surface area contributed by atoms with E-state index in [4.69, 9.17) is 13.9 Å². The van der Waals surface area contributed by atoms with E-state index in [0.29, 0.717) is 13.1 Å². The van der Waals surface area contributed by atoms with Crippen molar-refractivity contribution in [2.75, 3.05) is 13.1 Å². The number of halogens is 4. The van der Waals surface area contributed by atoms with Gasteiger partial charge in [-0.3, -0.25) is 9.69 Å². The summed E-state index contributed by atoms with van der Waals surface area (Å²) < 4.78 is 73.7. The predicted molar refractivity (Wildman–Crippen MR) is 164 cm³/mol. The van der Waals surface area contributed by atoms with Crippen molar-refractivity contribution >= 4 is 16.9 Å². The molecule has 4 rings (SSSR count). The van der Waals surface area contributed by atoms with Gasteiger partial charge in [-0.25, -0.2) is 9.18 Å². The van der Waals surface area contributed by atoms with Crippen LogP contribution in [0.4, 0.5) is 17.6 Å². The molecule has 0 saturated carbocycles. The summed E-state index contributed by atoms with van der Waals surface area (Å²) in [5.74, 6) is -3.60. The molecule has 0 N–H and O–H groups in total. The van der Waals surface area contributed by atoms with E-state index in [1.807, 2.05) is 39.5 Å². The monoisotopic (exact) mass is 627 g/mol. The molecule has 4 aromatic rings. The number of fused-ring (bicyclic) bond motifs is 1. The molecule has 240 valence electrons. The van der Waals surface area contributed by atoms with Crippen molar-refractivity contribution < 1.29 is 36.2 Å². The average molecular weight is 628 g/mol. The summed E-state index contributed by atoms with van der Waals surface area (Å²) in [7, 11) is 0. The number of rotatable bonds is 12. The Bertz CT molecular complexity index is 1670. The number of benzene rings is 3. The molecule has 3 aromatic carbocycles. The summed E-state index contributed by atoms with van der Waals surface area (Å²) in [6, 6.07) is 13.8. The lowest BCUT2D eigenvalue weighted by Crippen LogP contribution is -2.31. The maximum absolute atomic E-state index is 14.5. The van der Waals surface area contributed by atoms with E-state index in [0.717, 1.165) is 30.5 Å². The maximum Gasteiger partial charge on any atom is 0.453 e. The normalized spacial score (nSPS) is 12.0. The van der Waals surface area contributed by atoms with Crippen LogP contribution >= 0.6 is 0 Å². The zero-order valence-corrected chi connectivity index (χ0v) is 26.0. The Morgan fingerprint density at radius 3 is 2.09 bits per heavy atom. The Labute approximate surface area is 259 Å². The second-order valence-corrected chi connectivity index (χ2v) is 11.9. The quantitative estimate of drug-likeness (QED) is 0.0887. The van der Waals surface area contributed by atoms with E-state index in [-0.39, 0.29) is 52.0 Å². The SMILES string of the molecule is CCCc1ccc(Oc2c(C(F)(F)F)oc3c(CN(CC(C)C)CC(C)C)c(OC(=O)c4ccc(F)cc4)ccc3c2=O)cc1. The van der Waals surface area contributed by atoms with Gasteiger partial charge in [0.15, 0.2) is 0 Å². The smallest absolute Gasteiger partial charge is 0.449 e. The Hall–Kier alpha value is -4.18. The van der Waals surface area contributed by atoms with Gasteiger partial charge in [-0.05, 0) is 72.4 Å². The first-order chi connectivity index (χ1) is 21.3. The van der Waals surface area contributed by atoms with E-state index >= 15 is 0 Å². The predicted octanol–water partition coefficient (Wildman–Crippen LogP) is 9.03. The first-order valence-electron chi connectivity index (χ1n) is 14.9. The van der Waals surface area contributed by atoms with Crippen LogP contribution in [0.5, 0.6) is 17.2 Å². The van der Waals surface area contributed by atoms with Gasteiger partial charge in [0.2, 0.25) is 11.2 Å². The number of carbonyl (C=O) groups is 1. The lowest BCUT2D eigenvalue weighted by Gasteiger charge is -2.27. The van der Waals surface area contributed by atoms with Crippen molar-refractivity contribution in [3.05, 3.63) is 99.2 Å².